The molecule has 5 rings (SSSR count). The average molecular weight is 334 g/mol. The number of benzene rings is 2. The highest BCUT2D eigenvalue weighted by molar-refractivity contribution is 6.07. The summed E-state index contributed by atoms with van der Waals surface area (Å²) in [6.45, 7) is 3.22. The van der Waals surface area contributed by atoms with Crippen molar-refractivity contribution in [2.75, 3.05) is 0 Å². The quantitative estimate of drug-likeness (QED) is 0.444. The molecule has 0 saturated heterocycles. The highest BCUT2D eigenvalue weighted by atomic mass is 15.0. The predicted octanol–water partition coefficient (Wildman–Crippen LogP) is 7.18. The Kier molecular flexibility index (Phi) is 5.10. The van der Waals surface area contributed by atoms with Gasteiger partial charge in [-0.1, -0.05) is 87.8 Å². The lowest BCUT2D eigenvalue weighted by molar-refractivity contribution is 0.171. The van der Waals surface area contributed by atoms with Crippen molar-refractivity contribution in [2.45, 2.75) is 64.8 Å². The monoisotopic (exact) mass is 333 g/mol. The molecule has 0 bridgehead atoms. The summed E-state index contributed by atoms with van der Waals surface area (Å²) in [5.74, 6) is 2.31. The molecule has 1 aromatic heterocycles. The smallest absolute Gasteiger partial charge is 0.0491 e. The minimum absolute atomic E-state index is 1.02. The van der Waals surface area contributed by atoms with E-state index in [9.17, 15) is 0 Å². The topological polar surface area (TPSA) is 4.93 Å². The van der Waals surface area contributed by atoms with Crippen LogP contribution in [-0.4, -0.2) is 4.57 Å². The molecule has 132 valence electrons. The van der Waals surface area contributed by atoms with Crippen molar-refractivity contribution in [1.82, 2.24) is 4.57 Å². The van der Waals surface area contributed by atoms with Crippen LogP contribution in [0.25, 0.3) is 21.8 Å². The SMILES string of the molecule is C1CCC2CCCCC2C1.CCn1c2ccccc2c2ccccc21. The van der Waals surface area contributed by atoms with Gasteiger partial charge in [-0.2, -0.15) is 0 Å². The van der Waals surface area contributed by atoms with Crippen molar-refractivity contribution in [1.29, 1.82) is 0 Å². The van der Waals surface area contributed by atoms with Crippen LogP contribution in [0.3, 0.4) is 0 Å². The first-order chi connectivity index (χ1) is 12.4. The normalized spacial score (nSPS) is 23.1. The fourth-order valence-electron chi connectivity index (χ4n) is 5.20. The predicted molar refractivity (Wildman–Crippen MR) is 109 cm³/mol. The van der Waals surface area contributed by atoms with Crippen molar-refractivity contribution < 1.29 is 0 Å². The number of hydrogen-bond donors (Lipinski definition) is 0. The van der Waals surface area contributed by atoms with Gasteiger partial charge in [-0.05, 0) is 30.9 Å². The zero-order valence-corrected chi connectivity index (χ0v) is 15.6. The van der Waals surface area contributed by atoms with E-state index in [2.05, 4.69) is 60.0 Å². The van der Waals surface area contributed by atoms with Gasteiger partial charge in [0.2, 0.25) is 0 Å². The van der Waals surface area contributed by atoms with Crippen molar-refractivity contribution >= 4 is 21.8 Å². The van der Waals surface area contributed by atoms with Crippen LogP contribution in [0.5, 0.6) is 0 Å². The molecule has 3 aromatic rings. The summed E-state index contributed by atoms with van der Waals surface area (Å²) in [7, 11) is 0. The van der Waals surface area contributed by atoms with Crippen LogP contribution >= 0.6 is 0 Å². The van der Waals surface area contributed by atoms with Gasteiger partial charge in [-0.3, -0.25) is 0 Å². The third-order valence-electron chi connectivity index (χ3n) is 6.46. The summed E-state index contributed by atoms with van der Waals surface area (Å²) in [4.78, 5) is 0. The fraction of sp³-hybridized carbons (Fsp3) is 0.500. The molecule has 2 aliphatic carbocycles. The van der Waals surface area contributed by atoms with Crippen LogP contribution in [0.2, 0.25) is 0 Å². The Morgan fingerprint density at radius 3 is 1.48 bits per heavy atom. The summed E-state index contributed by atoms with van der Waals surface area (Å²) in [5, 5.41) is 2.71. The number of fused-ring (bicyclic) bond motifs is 4. The maximum Gasteiger partial charge on any atom is 0.0491 e. The van der Waals surface area contributed by atoms with E-state index < -0.39 is 0 Å². The maximum atomic E-state index is 2.37. The molecule has 0 amide bonds. The first-order valence-corrected chi connectivity index (χ1v) is 10.3. The fourth-order valence-corrected chi connectivity index (χ4v) is 5.20. The zero-order chi connectivity index (χ0) is 17.1. The molecule has 25 heavy (non-hydrogen) atoms. The Bertz CT molecular complexity index is 749. The molecule has 0 spiro atoms. The second-order valence-electron chi connectivity index (χ2n) is 7.87. The van der Waals surface area contributed by atoms with Gasteiger partial charge in [0, 0.05) is 28.4 Å². The molecule has 0 N–H and O–H groups in total. The minimum Gasteiger partial charge on any atom is -0.341 e. The molecule has 2 fully saturated rings. The van der Waals surface area contributed by atoms with E-state index in [1.807, 2.05) is 0 Å². The molecule has 1 heterocycles. The van der Waals surface area contributed by atoms with E-state index in [1.165, 1.54) is 47.5 Å². The molecule has 0 unspecified atom stereocenters. The summed E-state index contributed by atoms with van der Waals surface area (Å²) in [6.07, 6.45) is 12.4. The Labute approximate surface area is 152 Å². The minimum atomic E-state index is 1.02. The van der Waals surface area contributed by atoms with Gasteiger partial charge in [0.05, 0.1) is 0 Å². The third kappa shape index (κ3) is 3.34. The Morgan fingerprint density at radius 1 is 0.680 bits per heavy atom. The molecular weight excluding hydrogens is 302 g/mol. The number of para-hydroxylation sites is 2. The molecular formula is C24H31N. The Balaban J connectivity index is 0.000000136. The van der Waals surface area contributed by atoms with Crippen LogP contribution in [0, 0.1) is 11.8 Å². The lowest BCUT2D eigenvalue weighted by Gasteiger charge is -2.35. The van der Waals surface area contributed by atoms with Crippen molar-refractivity contribution in [3.63, 3.8) is 0 Å². The van der Waals surface area contributed by atoms with Crippen LogP contribution in [0.4, 0.5) is 0 Å². The van der Waals surface area contributed by atoms with E-state index in [4.69, 9.17) is 0 Å². The molecule has 1 nitrogen and oxygen atoms in total. The van der Waals surface area contributed by atoms with E-state index in [-0.39, 0.29) is 0 Å². The number of rotatable bonds is 1. The number of aromatic nitrogens is 1. The van der Waals surface area contributed by atoms with Gasteiger partial charge in [0.15, 0.2) is 0 Å². The van der Waals surface area contributed by atoms with E-state index in [1.54, 1.807) is 25.7 Å². The van der Waals surface area contributed by atoms with Crippen molar-refractivity contribution in [3.05, 3.63) is 48.5 Å². The standard InChI is InChI=1S/C14H13N.C10H18/c1-2-15-13-9-5-3-7-11(13)12-8-4-6-10-14(12)15;1-2-6-10-8-4-3-7-9(10)5-1/h3-10H,2H2,1H3;9-10H,1-8H2. The summed E-state index contributed by atoms with van der Waals surface area (Å²) in [5.41, 5.74) is 2.67. The van der Waals surface area contributed by atoms with Crippen LogP contribution < -0.4 is 0 Å². The Morgan fingerprint density at radius 2 is 1.08 bits per heavy atom. The maximum absolute atomic E-state index is 2.37. The van der Waals surface area contributed by atoms with E-state index in [0.717, 1.165) is 18.4 Å². The van der Waals surface area contributed by atoms with Gasteiger partial charge in [0.1, 0.15) is 0 Å². The molecule has 0 aliphatic heterocycles. The first-order valence-electron chi connectivity index (χ1n) is 10.3. The largest absolute Gasteiger partial charge is 0.341 e. The molecule has 2 aromatic carbocycles. The van der Waals surface area contributed by atoms with Crippen molar-refractivity contribution in [2.24, 2.45) is 11.8 Å². The zero-order valence-electron chi connectivity index (χ0n) is 15.6. The van der Waals surface area contributed by atoms with Crippen LogP contribution in [0.15, 0.2) is 48.5 Å². The summed E-state index contributed by atoms with van der Waals surface area (Å²) < 4.78 is 2.37. The van der Waals surface area contributed by atoms with Gasteiger partial charge in [-0.15, -0.1) is 0 Å². The molecule has 2 saturated carbocycles. The molecule has 1 heteroatoms. The molecule has 2 aliphatic rings. The number of hydrogen-bond acceptors (Lipinski definition) is 0. The van der Waals surface area contributed by atoms with Gasteiger partial charge >= 0.3 is 0 Å². The molecule has 0 atom stereocenters. The van der Waals surface area contributed by atoms with E-state index in [0.29, 0.717) is 0 Å². The summed E-state index contributed by atoms with van der Waals surface area (Å²) >= 11 is 0. The average Bonchev–Trinajstić information content (AvgIpc) is 3.02. The first kappa shape index (κ1) is 16.7. The second kappa shape index (κ2) is 7.64. The lowest BCUT2D eigenvalue weighted by atomic mass is 9.71. The Hall–Kier alpha value is -1.76. The number of nitrogens with zero attached hydrogens (tertiary/aromatic N) is 1. The highest BCUT2D eigenvalue weighted by Gasteiger charge is 2.26. The second-order valence-corrected chi connectivity index (χ2v) is 7.87. The van der Waals surface area contributed by atoms with Crippen molar-refractivity contribution in [3.8, 4) is 0 Å². The molecule has 0 radical (unpaired) electrons. The van der Waals surface area contributed by atoms with Crippen LogP contribution in [-0.2, 0) is 6.54 Å². The van der Waals surface area contributed by atoms with E-state index >= 15 is 0 Å². The number of aryl methyl sites for hydroxylation is 1. The van der Waals surface area contributed by atoms with Gasteiger partial charge < -0.3 is 4.57 Å². The van der Waals surface area contributed by atoms with Gasteiger partial charge in [0.25, 0.3) is 0 Å². The highest BCUT2D eigenvalue weighted by Crippen LogP contribution is 2.40. The van der Waals surface area contributed by atoms with Crippen LogP contribution in [0.1, 0.15) is 58.3 Å². The lowest BCUT2D eigenvalue weighted by Crippen LogP contribution is -2.22. The summed E-state index contributed by atoms with van der Waals surface area (Å²) in [6, 6.07) is 17.2. The third-order valence-corrected chi connectivity index (χ3v) is 6.46. The van der Waals surface area contributed by atoms with Gasteiger partial charge in [-0.25, -0.2) is 0 Å².